The maximum absolute atomic E-state index is 12.3. The van der Waals surface area contributed by atoms with E-state index in [4.69, 9.17) is 0 Å². The van der Waals surface area contributed by atoms with Crippen molar-refractivity contribution >= 4 is 34.7 Å². The summed E-state index contributed by atoms with van der Waals surface area (Å²) in [6.45, 7) is 2.63. The van der Waals surface area contributed by atoms with Crippen LogP contribution in [0, 0.1) is 0 Å². The largest absolute Gasteiger partial charge is 0.378 e. The third kappa shape index (κ3) is 3.91. The number of thioether (sulfide) groups is 1. The van der Waals surface area contributed by atoms with Crippen LogP contribution in [0.25, 0.3) is 6.08 Å². The molecule has 1 aliphatic heterocycles. The molecule has 0 N–H and O–H groups in total. The molecule has 0 unspecified atom stereocenters. The first-order valence-electron chi connectivity index (χ1n) is 7.55. The minimum Gasteiger partial charge on any atom is -0.378 e. The third-order valence-corrected chi connectivity index (χ3v) is 4.47. The third-order valence-electron chi connectivity index (χ3n) is 3.57. The highest BCUT2D eigenvalue weighted by Crippen LogP contribution is 2.32. The summed E-state index contributed by atoms with van der Waals surface area (Å²) in [5, 5.41) is -0.155. The lowest BCUT2D eigenvalue weighted by Crippen LogP contribution is -2.29. The molecule has 0 aliphatic carbocycles. The van der Waals surface area contributed by atoms with Crippen molar-refractivity contribution in [2.24, 2.45) is 0 Å². The molecule has 2 amide bonds. The van der Waals surface area contributed by atoms with Crippen LogP contribution in [-0.2, 0) is 4.79 Å². The van der Waals surface area contributed by atoms with Crippen LogP contribution in [0.3, 0.4) is 0 Å². The van der Waals surface area contributed by atoms with E-state index in [1.807, 2.05) is 43.3 Å². The lowest BCUT2D eigenvalue weighted by atomic mass is 10.2. The molecular formula is C17H22N2O2S. The van der Waals surface area contributed by atoms with Crippen molar-refractivity contribution in [1.82, 2.24) is 4.90 Å². The van der Waals surface area contributed by atoms with E-state index >= 15 is 0 Å². The normalized spacial score (nSPS) is 16.7. The molecule has 2 rings (SSSR count). The molecule has 1 aromatic carbocycles. The van der Waals surface area contributed by atoms with Crippen LogP contribution < -0.4 is 4.90 Å². The van der Waals surface area contributed by atoms with Crippen molar-refractivity contribution in [1.29, 1.82) is 0 Å². The molecular weight excluding hydrogens is 296 g/mol. The van der Waals surface area contributed by atoms with Gasteiger partial charge < -0.3 is 4.90 Å². The average Bonchev–Trinajstić information content (AvgIpc) is 2.75. The van der Waals surface area contributed by atoms with Gasteiger partial charge in [0.15, 0.2) is 0 Å². The number of carbonyl (C=O) groups excluding carboxylic acids is 2. The fraction of sp³-hybridized carbons (Fsp3) is 0.412. The smallest absolute Gasteiger partial charge is 0.293 e. The van der Waals surface area contributed by atoms with E-state index in [1.54, 1.807) is 6.08 Å². The Morgan fingerprint density at radius 1 is 1.14 bits per heavy atom. The fourth-order valence-electron chi connectivity index (χ4n) is 2.23. The van der Waals surface area contributed by atoms with Gasteiger partial charge in [-0.05, 0) is 42.0 Å². The average molecular weight is 318 g/mol. The molecule has 22 heavy (non-hydrogen) atoms. The Bertz CT molecular complexity index is 579. The fourth-order valence-corrected chi connectivity index (χ4v) is 3.10. The van der Waals surface area contributed by atoms with E-state index in [0.29, 0.717) is 11.4 Å². The summed E-state index contributed by atoms with van der Waals surface area (Å²) in [7, 11) is 3.97. The summed E-state index contributed by atoms with van der Waals surface area (Å²) in [5.74, 6) is -0.164. The molecule has 0 saturated carbocycles. The summed E-state index contributed by atoms with van der Waals surface area (Å²) >= 11 is 1.03. The number of hydrogen-bond acceptors (Lipinski definition) is 4. The summed E-state index contributed by atoms with van der Waals surface area (Å²) < 4.78 is 0. The van der Waals surface area contributed by atoms with Crippen LogP contribution >= 0.6 is 11.8 Å². The van der Waals surface area contributed by atoms with Crippen LogP contribution in [0.5, 0.6) is 0 Å². The molecule has 0 radical (unpaired) electrons. The van der Waals surface area contributed by atoms with Gasteiger partial charge in [0.05, 0.1) is 4.91 Å². The van der Waals surface area contributed by atoms with Gasteiger partial charge in [-0.15, -0.1) is 0 Å². The van der Waals surface area contributed by atoms with Gasteiger partial charge in [0.2, 0.25) is 0 Å². The van der Waals surface area contributed by atoms with Gasteiger partial charge in [-0.3, -0.25) is 14.5 Å². The molecule has 0 atom stereocenters. The van der Waals surface area contributed by atoms with Gasteiger partial charge in [0.1, 0.15) is 0 Å². The second kappa shape index (κ2) is 7.49. The summed E-state index contributed by atoms with van der Waals surface area (Å²) in [5.41, 5.74) is 2.04. The number of rotatable bonds is 6. The standard InChI is InChI=1S/C17H22N2O2S/c1-4-5-6-11-19-16(20)15(22-17(19)21)12-13-7-9-14(10-8-13)18(2)3/h7-10,12H,4-6,11H2,1-3H3/b15-12-. The number of carbonyl (C=O) groups is 2. The SMILES string of the molecule is CCCCCN1C(=O)S/C(=C\c2ccc(N(C)C)cc2)C1=O. The highest BCUT2D eigenvalue weighted by atomic mass is 32.2. The Morgan fingerprint density at radius 3 is 2.41 bits per heavy atom. The molecule has 0 bridgehead atoms. The maximum atomic E-state index is 12.3. The number of nitrogens with zero attached hydrogens (tertiary/aromatic N) is 2. The zero-order valence-corrected chi connectivity index (χ0v) is 14.2. The second-order valence-corrected chi connectivity index (χ2v) is 6.52. The molecule has 5 heteroatoms. The first-order chi connectivity index (χ1) is 10.5. The van der Waals surface area contributed by atoms with E-state index in [2.05, 4.69) is 6.92 Å². The highest BCUT2D eigenvalue weighted by molar-refractivity contribution is 8.18. The van der Waals surface area contributed by atoms with Crippen LogP contribution in [0.2, 0.25) is 0 Å². The molecule has 1 aromatic rings. The minimum absolute atomic E-state index is 0.155. The number of amides is 2. The van der Waals surface area contributed by atoms with Crippen molar-refractivity contribution in [3.8, 4) is 0 Å². The number of unbranched alkanes of at least 4 members (excludes halogenated alkanes) is 2. The van der Waals surface area contributed by atoms with E-state index in [1.165, 1.54) is 4.90 Å². The van der Waals surface area contributed by atoms with Gasteiger partial charge in [0.25, 0.3) is 11.1 Å². The van der Waals surface area contributed by atoms with E-state index in [9.17, 15) is 9.59 Å². The highest BCUT2D eigenvalue weighted by Gasteiger charge is 2.34. The first kappa shape index (κ1) is 16.6. The molecule has 1 heterocycles. The molecule has 1 aliphatic rings. The van der Waals surface area contributed by atoms with E-state index in [-0.39, 0.29) is 11.1 Å². The van der Waals surface area contributed by atoms with Crippen molar-refractivity contribution in [3.63, 3.8) is 0 Å². The Kier molecular flexibility index (Phi) is 5.66. The first-order valence-corrected chi connectivity index (χ1v) is 8.37. The molecule has 0 aromatic heterocycles. The van der Waals surface area contributed by atoms with Gasteiger partial charge >= 0.3 is 0 Å². The Morgan fingerprint density at radius 2 is 1.82 bits per heavy atom. The molecule has 118 valence electrons. The quantitative estimate of drug-likeness (QED) is 0.587. The molecule has 1 fully saturated rings. The van der Waals surface area contributed by atoms with Gasteiger partial charge in [-0.25, -0.2) is 0 Å². The predicted octanol–water partition coefficient (Wildman–Crippen LogP) is 3.98. The van der Waals surface area contributed by atoms with Crippen molar-refractivity contribution in [2.45, 2.75) is 26.2 Å². The van der Waals surface area contributed by atoms with Crippen molar-refractivity contribution in [3.05, 3.63) is 34.7 Å². The van der Waals surface area contributed by atoms with Crippen LogP contribution in [-0.4, -0.2) is 36.7 Å². The van der Waals surface area contributed by atoms with Crippen LogP contribution in [0.15, 0.2) is 29.2 Å². The summed E-state index contributed by atoms with van der Waals surface area (Å²) in [6, 6.07) is 7.91. The number of benzene rings is 1. The van der Waals surface area contributed by atoms with Gasteiger partial charge in [-0.1, -0.05) is 31.9 Å². The zero-order valence-electron chi connectivity index (χ0n) is 13.3. The van der Waals surface area contributed by atoms with Crippen molar-refractivity contribution < 1.29 is 9.59 Å². The van der Waals surface area contributed by atoms with Crippen LogP contribution in [0.4, 0.5) is 10.5 Å². The minimum atomic E-state index is -0.164. The van der Waals surface area contributed by atoms with E-state index < -0.39 is 0 Å². The monoisotopic (exact) mass is 318 g/mol. The summed E-state index contributed by atoms with van der Waals surface area (Å²) in [4.78, 5) is 28.1. The lowest BCUT2D eigenvalue weighted by molar-refractivity contribution is -0.122. The summed E-state index contributed by atoms with van der Waals surface area (Å²) in [6.07, 6.45) is 4.78. The maximum Gasteiger partial charge on any atom is 0.293 e. The molecule has 1 saturated heterocycles. The zero-order chi connectivity index (χ0) is 16.1. The van der Waals surface area contributed by atoms with Gasteiger partial charge in [-0.2, -0.15) is 0 Å². The van der Waals surface area contributed by atoms with E-state index in [0.717, 1.165) is 42.3 Å². The van der Waals surface area contributed by atoms with Gasteiger partial charge in [0, 0.05) is 26.3 Å². The van der Waals surface area contributed by atoms with Crippen LogP contribution in [0.1, 0.15) is 31.7 Å². The topological polar surface area (TPSA) is 40.6 Å². The Balaban J connectivity index is 2.08. The van der Waals surface area contributed by atoms with Crippen molar-refractivity contribution in [2.75, 3.05) is 25.5 Å². The Hall–Kier alpha value is -1.75. The predicted molar refractivity (Wildman–Crippen MR) is 93.0 cm³/mol. The lowest BCUT2D eigenvalue weighted by Gasteiger charge is -2.12. The number of imide groups is 1. The molecule has 0 spiro atoms. The number of anilines is 1. The second-order valence-electron chi connectivity index (χ2n) is 5.53. The number of hydrogen-bond donors (Lipinski definition) is 0. The molecule has 4 nitrogen and oxygen atoms in total. The Labute approximate surface area is 136 Å².